The number of hydrogen-bond donors (Lipinski definition) is 1. The summed E-state index contributed by atoms with van der Waals surface area (Å²) in [5.74, 6) is 0.615. The smallest absolute Gasteiger partial charge is 0.255 e. The summed E-state index contributed by atoms with van der Waals surface area (Å²) in [7, 11) is 0. The predicted octanol–water partition coefficient (Wildman–Crippen LogP) is 3.83. The van der Waals surface area contributed by atoms with Crippen LogP contribution in [0.2, 0.25) is 5.02 Å². The molecule has 2 amide bonds. The van der Waals surface area contributed by atoms with Crippen LogP contribution in [0.3, 0.4) is 0 Å². The number of likely N-dealkylation sites (tertiary alicyclic amines) is 2. The van der Waals surface area contributed by atoms with Crippen LogP contribution in [0.25, 0.3) is 11.0 Å². The fourth-order valence-electron chi connectivity index (χ4n) is 4.75. The topological polar surface area (TPSA) is 82.2 Å². The number of amides is 2. The molecule has 7 nitrogen and oxygen atoms in total. The number of nitrogens with one attached hydrogen (secondary N) is 1. The Bertz CT molecular complexity index is 1100. The quantitative estimate of drug-likeness (QED) is 0.675. The molecule has 0 radical (unpaired) electrons. The van der Waals surface area contributed by atoms with Crippen molar-refractivity contribution in [3.05, 3.63) is 59.1 Å². The number of aromatic amines is 1. The zero-order valence-corrected chi connectivity index (χ0v) is 17.9. The van der Waals surface area contributed by atoms with Gasteiger partial charge >= 0.3 is 0 Å². The molecule has 0 saturated carbocycles. The van der Waals surface area contributed by atoms with E-state index < -0.39 is 0 Å². The van der Waals surface area contributed by atoms with Gasteiger partial charge in [-0.15, -0.1) is 0 Å². The third-order valence-electron chi connectivity index (χ3n) is 6.32. The molecule has 8 heteroatoms. The fraction of sp³-hybridized carbons (Fsp3) is 0.391. The van der Waals surface area contributed by atoms with Gasteiger partial charge in [-0.2, -0.15) is 0 Å². The van der Waals surface area contributed by atoms with Gasteiger partial charge in [-0.05, 0) is 43.9 Å². The number of H-pyrrole nitrogens is 1. The van der Waals surface area contributed by atoms with E-state index >= 15 is 0 Å². The van der Waals surface area contributed by atoms with E-state index in [0.717, 1.165) is 42.5 Å². The molecular weight excluding hydrogens is 414 g/mol. The van der Waals surface area contributed by atoms with E-state index in [2.05, 4.69) is 9.97 Å². The van der Waals surface area contributed by atoms with Gasteiger partial charge in [-0.25, -0.2) is 4.98 Å². The fourth-order valence-corrected chi connectivity index (χ4v) is 4.97. The molecule has 2 aliphatic rings. The summed E-state index contributed by atoms with van der Waals surface area (Å²) >= 11 is 6.22. The van der Waals surface area contributed by atoms with Crippen LogP contribution in [-0.2, 0) is 4.79 Å². The minimum atomic E-state index is -0.202. The van der Waals surface area contributed by atoms with Crippen molar-refractivity contribution >= 4 is 34.4 Å². The number of halogens is 1. The molecule has 1 aromatic carbocycles. The Morgan fingerprint density at radius 2 is 1.94 bits per heavy atom. The first-order valence-electron chi connectivity index (χ1n) is 10.8. The summed E-state index contributed by atoms with van der Waals surface area (Å²) in [5.41, 5.74) is 2.23. The van der Waals surface area contributed by atoms with Crippen LogP contribution in [0, 0.1) is 5.92 Å². The van der Waals surface area contributed by atoms with E-state index in [0.29, 0.717) is 30.2 Å². The first kappa shape index (κ1) is 20.0. The van der Waals surface area contributed by atoms with Gasteiger partial charge in [-0.3, -0.25) is 14.6 Å². The Labute approximate surface area is 185 Å². The highest BCUT2D eigenvalue weighted by Crippen LogP contribution is 2.34. The molecule has 4 heterocycles. The van der Waals surface area contributed by atoms with Crippen LogP contribution >= 0.6 is 11.6 Å². The van der Waals surface area contributed by atoms with Gasteiger partial charge in [0.05, 0.1) is 39.8 Å². The van der Waals surface area contributed by atoms with E-state index in [1.165, 1.54) is 0 Å². The van der Waals surface area contributed by atoms with Crippen LogP contribution in [0.1, 0.15) is 47.9 Å². The van der Waals surface area contributed by atoms with Crippen molar-refractivity contribution in [2.45, 2.75) is 31.7 Å². The molecule has 0 bridgehead atoms. The largest absolute Gasteiger partial charge is 0.339 e. The van der Waals surface area contributed by atoms with Crippen molar-refractivity contribution in [2.75, 3.05) is 19.6 Å². The lowest BCUT2D eigenvalue weighted by Gasteiger charge is -2.35. The summed E-state index contributed by atoms with van der Waals surface area (Å²) in [5, 5.41) is 0.444. The Kier molecular flexibility index (Phi) is 5.36. The highest BCUT2D eigenvalue weighted by atomic mass is 35.5. The number of piperidine rings is 1. The SMILES string of the molecule is O=C(c1ccccc1Cl)N1CCCC(C(=O)N2CCCC2c2nc3ccncc3[nH]2)C1. The lowest BCUT2D eigenvalue weighted by Crippen LogP contribution is -2.46. The molecule has 0 aliphatic carbocycles. The van der Waals surface area contributed by atoms with Crippen LogP contribution in [0.15, 0.2) is 42.7 Å². The van der Waals surface area contributed by atoms with E-state index in [-0.39, 0.29) is 23.8 Å². The third-order valence-corrected chi connectivity index (χ3v) is 6.64. The summed E-state index contributed by atoms with van der Waals surface area (Å²) in [6, 6.07) is 8.89. The summed E-state index contributed by atoms with van der Waals surface area (Å²) in [6.45, 7) is 1.79. The molecule has 5 rings (SSSR count). The average Bonchev–Trinajstić information content (AvgIpc) is 3.45. The van der Waals surface area contributed by atoms with Crippen molar-refractivity contribution < 1.29 is 9.59 Å². The van der Waals surface area contributed by atoms with Crippen LogP contribution < -0.4 is 0 Å². The number of hydrogen-bond acceptors (Lipinski definition) is 4. The first-order chi connectivity index (χ1) is 15.1. The van der Waals surface area contributed by atoms with E-state index in [4.69, 9.17) is 16.6 Å². The van der Waals surface area contributed by atoms with Crippen LogP contribution in [-0.4, -0.2) is 56.2 Å². The number of imidazole rings is 1. The van der Waals surface area contributed by atoms with Crippen molar-refractivity contribution in [1.82, 2.24) is 24.8 Å². The highest BCUT2D eigenvalue weighted by Gasteiger charge is 2.38. The lowest BCUT2D eigenvalue weighted by atomic mass is 9.95. The molecule has 2 unspecified atom stereocenters. The van der Waals surface area contributed by atoms with Crippen molar-refractivity contribution in [3.63, 3.8) is 0 Å². The molecule has 3 aromatic rings. The number of rotatable bonds is 3. The number of carbonyl (C=O) groups excluding carboxylic acids is 2. The normalized spacial score (nSPS) is 21.6. The molecule has 2 atom stereocenters. The number of pyridine rings is 1. The number of nitrogens with zero attached hydrogens (tertiary/aromatic N) is 4. The number of aromatic nitrogens is 3. The minimum Gasteiger partial charge on any atom is -0.339 e. The maximum atomic E-state index is 13.5. The van der Waals surface area contributed by atoms with Crippen LogP contribution in [0.4, 0.5) is 0 Å². The Morgan fingerprint density at radius 3 is 2.77 bits per heavy atom. The lowest BCUT2D eigenvalue weighted by molar-refractivity contribution is -0.138. The Hall–Kier alpha value is -2.93. The average molecular weight is 438 g/mol. The van der Waals surface area contributed by atoms with Crippen molar-refractivity contribution in [1.29, 1.82) is 0 Å². The van der Waals surface area contributed by atoms with Gasteiger partial charge in [0.25, 0.3) is 5.91 Å². The molecule has 160 valence electrons. The van der Waals surface area contributed by atoms with E-state index in [9.17, 15) is 9.59 Å². The predicted molar refractivity (Wildman–Crippen MR) is 118 cm³/mol. The maximum Gasteiger partial charge on any atom is 0.255 e. The number of carbonyl (C=O) groups is 2. The van der Waals surface area contributed by atoms with E-state index in [1.54, 1.807) is 29.4 Å². The molecule has 2 saturated heterocycles. The highest BCUT2D eigenvalue weighted by molar-refractivity contribution is 6.33. The first-order valence-corrected chi connectivity index (χ1v) is 11.1. The molecule has 31 heavy (non-hydrogen) atoms. The molecule has 1 N–H and O–H groups in total. The van der Waals surface area contributed by atoms with Gasteiger partial charge in [0.15, 0.2) is 0 Å². The van der Waals surface area contributed by atoms with Gasteiger partial charge in [0.2, 0.25) is 5.91 Å². The third kappa shape index (κ3) is 3.78. The maximum absolute atomic E-state index is 13.5. The Morgan fingerprint density at radius 1 is 1.10 bits per heavy atom. The second kappa shape index (κ2) is 8.30. The van der Waals surface area contributed by atoms with Crippen molar-refractivity contribution in [3.8, 4) is 0 Å². The minimum absolute atomic E-state index is 0.0606. The van der Waals surface area contributed by atoms with Gasteiger partial charge in [0, 0.05) is 25.8 Å². The second-order valence-electron chi connectivity index (χ2n) is 8.27. The van der Waals surface area contributed by atoms with Gasteiger partial charge in [0.1, 0.15) is 5.82 Å². The standard InChI is InChI=1S/C23H24ClN5O2/c24-17-7-2-1-6-16(17)23(31)28-11-3-5-15(14-28)22(30)29-12-4-8-20(29)21-26-18-9-10-25-13-19(18)27-21/h1-2,6-7,9-10,13,15,20H,3-5,8,11-12,14H2,(H,26,27). The van der Waals surface area contributed by atoms with Crippen LogP contribution in [0.5, 0.6) is 0 Å². The summed E-state index contributed by atoms with van der Waals surface area (Å²) in [6.07, 6.45) is 6.90. The van der Waals surface area contributed by atoms with Gasteiger partial charge in [-0.1, -0.05) is 23.7 Å². The van der Waals surface area contributed by atoms with E-state index in [1.807, 2.05) is 23.1 Å². The number of benzene rings is 1. The molecule has 2 aromatic heterocycles. The summed E-state index contributed by atoms with van der Waals surface area (Å²) < 4.78 is 0. The molecule has 0 spiro atoms. The monoisotopic (exact) mass is 437 g/mol. The number of fused-ring (bicyclic) bond motifs is 1. The van der Waals surface area contributed by atoms with Gasteiger partial charge < -0.3 is 14.8 Å². The summed E-state index contributed by atoms with van der Waals surface area (Å²) in [4.78, 5) is 42.3. The second-order valence-corrected chi connectivity index (χ2v) is 8.68. The molecule has 2 fully saturated rings. The zero-order chi connectivity index (χ0) is 21.4. The molecular formula is C23H24ClN5O2. The van der Waals surface area contributed by atoms with Crippen molar-refractivity contribution in [2.24, 2.45) is 5.92 Å². The molecule has 2 aliphatic heterocycles. The zero-order valence-electron chi connectivity index (χ0n) is 17.1. The Balaban J connectivity index is 1.33.